The predicted octanol–water partition coefficient (Wildman–Crippen LogP) is 3.99. The fourth-order valence-corrected chi connectivity index (χ4v) is 5.22. The number of nitrogens with one attached hydrogen (secondary N) is 1. The van der Waals surface area contributed by atoms with Crippen molar-refractivity contribution in [2.45, 2.75) is 25.5 Å². The number of ether oxygens (including phenoxy) is 1. The molecule has 1 aromatic carbocycles. The quantitative estimate of drug-likeness (QED) is 0.325. The summed E-state index contributed by atoms with van der Waals surface area (Å²) >= 11 is 1.43. The van der Waals surface area contributed by atoms with Gasteiger partial charge in [-0.25, -0.2) is 14.3 Å². The van der Waals surface area contributed by atoms with Crippen LogP contribution >= 0.6 is 11.5 Å². The van der Waals surface area contributed by atoms with Crippen molar-refractivity contribution in [3.05, 3.63) is 71.8 Å². The van der Waals surface area contributed by atoms with Crippen LogP contribution in [0.15, 0.2) is 66.2 Å². The van der Waals surface area contributed by atoms with E-state index in [-0.39, 0.29) is 11.7 Å². The summed E-state index contributed by atoms with van der Waals surface area (Å²) in [6, 6.07) is 11.5. The van der Waals surface area contributed by atoms with Gasteiger partial charge in [0.15, 0.2) is 11.5 Å². The van der Waals surface area contributed by atoms with Gasteiger partial charge in [-0.15, -0.1) is 6.58 Å². The van der Waals surface area contributed by atoms with Crippen LogP contribution in [0.4, 0.5) is 11.6 Å². The van der Waals surface area contributed by atoms with Gasteiger partial charge in [-0.1, -0.05) is 12.1 Å². The van der Waals surface area contributed by atoms with Crippen LogP contribution < -0.4 is 15.6 Å². The molecule has 5 heterocycles. The number of allylic oxidation sites excluding steroid dienone is 1. The van der Waals surface area contributed by atoms with Crippen LogP contribution in [0.1, 0.15) is 12.8 Å². The zero-order valence-corrected chi connectivity index (χ0v) is 21.2. The topological polar surface area (TPSA) is 103 Å². The number of benzene rings is 1. The van der Waals surface area contributed by atoms with Crippen LogP contribution in [-0.4, -0.2) is 59.8 Å². The summed E-state index contributed by atoms with van der Waals surface area (Å²) in [4.78, 5) is 29.4. The van der Waals surface area contributed by atoms with Gasteiger partial charge in [-0.05, 0) is 55.7 Å². The Hall–Kier alpha value is -4.09. The Morgan fingerprint density at radius 2 is 2.05 bits per heavy atom. The number of rotatable bonds is 7. The van der Waals surface area contributed by atoms with Crippen LogP contribution in [0.3, 0.4) is 0 Å². The van der Waals surface area contributed by atoms with E-state index in [4.69, 9.17) is 14.7 Å². The SMILES string of the molecule is C=CCn1c(=O)c2cnc(Nc3ccc4cnsc4c3)nc2n1-c1cccc(OC2CCN(C)CC2)n1. The Morgan fingerprint density at radius 3 is 2.89 bits per heavy atom. The Morgan fingerprint density at radius 1 is 1.19 bits per heavy atom. The van der Waals surface area contributed by atoms with E-state index in [0.29, 0.717) is 35.2 Å². The highest BCUT2D eigenvalue weighted by atomic mass is 32.1. The molecule has 5 aromatic rings. The molecule has 0 unspecified atom stereocenters. The molecule has 1 N–H and O–H groups in total. The van der Waals surface area contributed by atoms with Crippen LogP contribution in [0.2, 0.25) is 0 Å². The number of fused-ring (bicyclic) bond motifs is 2. The largest absolute Gasteiger partial charge is 0.474 e. The van der Waals surface area contributed by atoms with Crippen LogP contribution in [-0.2, 0) is 6.54 Å². The highest BCUT2D eigenvalue weighted by Gasteiger charge is 2.21. The Kier molecular flexibility index (Phi) is 6.15. The van der Waals surface area contributed by atoms with Crippen molar-refractivity contribution in [3.63, 3.8) is 0 Å². The summed E-state index contributed by atoms with van der Waals surface area (Å²) in [5.74, 6) is 1.44. The highest BCUT2D eigenvalue weighted by Crippen LogP contribution is 2.25. The van der Waals surface area contributed by atoms with E-state index in [9.17, 15) is 4.79 Å². The van der Waals surface area contributed by atoms with Gasteiger partial charge in [-0.3, -0.25) is 4.79 Å². The molecule has 0 atom stereocenters. The van der Waals surface area contributed by atoms with E-state index in [1.54, 1.807) is 21.6 Å². The summed E-state index contributed by atoms with van der Waals surface area (Å²) in [5.41, 5.74) is 1.07. The molecule has 0 amide bonds. The Bertz CT molecular complexity index is 1650. The van der Waals surface area contributed by atoms with Crippen LogP contribution in [0, 0.1) is 0 Å². The zero-order chi connectivity index (χ0) is 25.4. The smallest absolute Gasteiger partial charge is 0.278 e. The number of likely N-dealkylation sites (tertiary alicyclic amines) is 1. The lowest BCUT2D eigenvalue weighted by Gasteiger charge is -2.29. The standard InChI is InChI=1S/C26H26N8O2S/c1-3-11-33-25(35)20-16-27-26(29-18-8-7-17-15-28-37-21(17)14-18)31-24(20)34(33)22-5-4-6-23(30-22)36-19-9-12-32(2)13-10-19/h3-8,14-16,19H,1,9-13H2,2H3,(H,27,29,31). The lowest BCUT2D eigenvalue weighted by Crippen LogP contribution is -2.35. The predicted molar refractivity (Wildman–Crippen MR) is 145 cm³/mol. The molecule has 1 aliphatic heterocycles. The second-order valence-electron chi connectivity index (χ2n) is 9.08. The van der Waals surface area contributed by atoms with Crippen LogP contribution in [0.5, 0.6) is 5.88 Å². The van der Waals surface area contributed by atoms with E-state index < -0.39 is 0 Å². The first-order chi connectivity index (χ1) is 18.1. The first kappa shape index (κ1) is 23.3. The van der Waals surface area contributed by atoms with E-state index in [0.717, 1.165) is 41.7 Å². The van der Waals surface area contributed by atoms with E-state index >= 15 is 0 Å². The van der Waals surface area contributed by atoms with Gasteiger partial charge in [0.1, 0.15) is 11.5 Å². The van der Waals surface area contributed by atoms with Gasteiger partial charge in [0.25, 0.3) is 5.56 Å². The Balaban J connectivity index is 1.38. The maximum absolute atomic E-state index is 13.3. The monoisotopic (exact) mass is 514 g/mol. The van der Waals surface area contributed by atoms with Crippen molar-refractivity contribution in [1.29, 1.82) is 0 Å². The van der Waals surface area contributed by atoms with E-state index in [2.05, 4.69) is 33.2 Å². The Labute approximate surface area is 217 Å². The van der Waals surface area contributed by atoms with Crippen LogP contribution in [0.25, 0.3) is 26.9 Å². The molecule has 10 nitrogen and oxygen atoms in total. The molecule has 0 bridgehead atoms. The maximum Gasteiger partial charge on any atom is 0.278 e. The first-order valence-corrected chi connectivity index (χ1v) is 12.9. The third kappa shape index (κ3) is 4.58. The lowest BCUT2D eigenvalue weighted by atomic mass is 10.1. The van der Waals surface area contributed by atoms with E-state index in [1.165, 1.54) is 11.5 Å². The average Bonchev–Trinajstić information content (AvgIpc) is 3.48. The maximum atomic E-state index is 13.3. The molecular weight excluding hydrogens is 488 g/mol. The van der Waals surface area contributed by atoms with E-state index in [1.807, 2.05) is 42.6 Å². The lowest BCUT2D eigenvalue weighted by molar-refractivity contribution is 0.110. The number of piperidine rings is 1. The molecule has 188 valence electrons. The van der Waals surface area contributed by atoms with Crippen molar-refractivity contribution < 1.29 is 4.74 Å². The van der Waals surface area contributed by atoms with Crippen molar-refractivity contribution in [1.82, 2.24) is 33.6 Å². The summed E-state index contributed by atoms with van der Waals surface area (Å²) in [7, 11) is 2.12. The third-order valence-corrected chi connectivity index (χ3v) is 7.23. The summed E-state index contributed by atoms with van der Waals surface area (Å²) < 4.78 is 14.8. The summed E-state index contributed by atoms with van der Waals surface area (Å²) in [5, 5.41) is 4.73. The van der Waals surface area contributed by atoms with Gasteiger partial charge in [-0.2, -0.15) is 14.3 Å². The molecule has 6 rings (SSSR count). The molecule has 0 aliphatic carbocycles. The number of anilines is 2. The fourth-order valence-electron chi connectivity index (χ4n) is 4.54. The van der Waals surface area contributed by atoms with Crippen molar-refractivity contribution >= 4 is 44.3 Å². The van der Waals surface area contributed by atoms with Gasteiger partial charge in [0, 0.05) is 42.6 Å². The second-order valence-corrected chi connectivity index (χ2v) is 9.91. The molecule has 4 aromatic heterocycles. The minimum Gasteiger partial charge on any atom is -0.474 e. The molecule has 37 heavy (non-hydrogen) atoms. The summed E-state index contributed by atoms with van der Waals surface area (Å²) in [6.07, 6.45) is 7.08. The third-order valence-electron chi connectivity index (χ3n) is 6.47. The first-order valence-electron chi connectivity index (χ1n) is 12.1. The van der Waals surface area contributed by atoms with Crippen molar-refractivity contribution in [2.24, 2.45) is 0 Å². The molecule has 11 heteroatoms. The normalized spacial score (nSPS) is 14.8. The number of hydrogen-bond acceptors (Lipinski definition) is 9. The van der Waals surface area contributed by atoms with Crippen molar-refractivity contribution in [2.75, 3.05) is 25.5 Å². The fraction of sp³-hybridized carbons (Fsp3) is 0.269. The zero-order valence-electron chi connectivity index (χ0n) is 20.4. The van der Waals surface area contributed by atoms with Gasteiger partial charge in [0.05, 0.1) is 11.2 Å². The minimum absolute atomic E-state index is 0.115. The highest BCUT2D eigenvalue weighted by molar-refractivity contribution is 7.13. The molecule has 0 spiro atoms. The van der Waals surface area contributed by atoms with Gasteiger partial charge >= 0.3 is 0 Å². The second kappa shape index (κ2) is 9.75. The summed E-state index contributed by atoms with van der Waals surface area (Å²) in [6.45, 7) is 6.10. The minimum atomic E-state index is -0.212. The molecular formula is C26H26N8O2S. The number of nitrogens with zero attached hydrogens (tertiary/aromatic N) is 7. The molecule has 0 radical (unpaired) electrons. The van der Waals surface area contributed by atoms with Gasteiger partial charge < -0.3 is 15.0 Å². The molecule has 1 aliphatic rings. The average molecular weight is 515 g/mol. The number of aromatic nitrogens is 6. The molecule has 0 saturated carbocycles. The molecule has 1 saturated heterocycles. The number of pyridine rings is 1. The van der Waals surface area contributed by atoms with Gasteiger partial charge in [0.2, 0.25) is 11.8 Å². The number of hydrogen-bond donors (Lipinski definition) is 1. The molecule has 1 fully saturated rings. The van der Waals surface area contributed by atoms with Crippen molar-refractivity contribution in [3.8, 4) is 11.7 Å².